The van der Waals surface area contributed by atoms with E-state index >= 15 is 0 Å². The third-order valence-corrected chi connectivity index (χ3v) is 1.73. The predicted molar refractivity (Wildman–Crippen MR) is 74.4 cm³/mol. The molecule has 0 aliphatic heterocycles. The van der Waals surface area contributed by atoms with Crippen LogP contribution >= 0.6 is 40.0 Å². The molecule has 0 atom stereocenters. The molecule has 0 amide bonds. The Morgan fingerprint density at radius 1 is 1.43 bits per heavy atom. The standard InChI is InChI=1S/C9H13NO.2HI.V/c1-7-6-8(4-5-11)2-3-9(7)10;;;/h2-3,6,11H,4-5,10H2,1H3;2*1H;/q;;;+2/p-2. The fourth-order valence-corrected chi connectivity index (χ4v) is 1.02. The summed E-state index contributed by atoms with van der Waals surface area (Å²) >= 11 is 4.74. The van der Waals surface area contributed by atoms with Crippen LogP contribution in [0.5, 0.6) is 0 Å². The Morgan fingerprint density at radius 2 is 2.00 bits per heavy atom. The van der Waals surface area contributed by atoms with Crippen LogP contribution in [0.2, 0.25) is 0 Å². The van der Waals surface area contributed by atoms with E-state index in [9.17, 15) is 0 Å². The van der Waals surface area contributed by atoms with Gasteiger partial charge < -0.3 is 10.8 Å². The Kier molecular flexibility index (Phi) is 9.94. The van der Waals surface area contributed by atoms with Crippen molar-refractivity contribution in [3.05, 3.63) is 29.3 Å². The van der Waals surface area contributed by atoms with Gasteiger partial charge in [0.2, 0.25) is 0 Å². The number of halogens is 2. The van der Waals surface area contributed by atoms with E-state index in [1.165, 1.54) is 0 Å². The second-order valence-corrected chi connectivity index (χ2v) is 14.5. The van der Waals surface area contributed by atoms with Crippen LogP contribution in [0.4, 0.5) is 5.69 Å². The summed E-state index contributed by atoms with van der Waals surface area (Å²) in [6.07, 6.45) is 0.709. The van der Waals surface area contributed by atoms with Crippen LogP contribution in [-0.4, -0.2) is 11.7 Å². The monoisotopic (exact) mass is 456 g/mol. The molecule has 14 heavy (non-hydrogen) atoms. The molecule has 0 spiro atoms. The second kappa shape index (κ2) is 9.26. The fourth-order valence-electron chi connectivity index (χ4n) is 1.02. The van der Waals surface area contributed by atoms with Gasteiger partial charge in [0, 0.05) is 12.3 Å². The van der Waals surface area contributed by atoms with E-state index in [1.54, 1.807) is 0 Å². The average Bonchev–Trinajstić information content (AvgIpc) is 2.13. The molecule has 0 unspecified atom stereocenters. The maximum atomic E-state index is 8.65. The van der Waals surface area contributed by atoms with Crippen LogP contribution in [0.15, 0.2) is 18.2 Å². The molecule has 0 aromatic heterocycles. The van der Waals surface area contributed by atoms with E-state index in [2.05, 4.69) is 40.0 Å². The van der Waals surface area contributed by atoms with Gasteiger partial charge in [-0.2, -0.15) is 0 Å². The van der Waals surface area contributed by atoms with Gasteiger partial charge in [0.1, 0.15) is 0 Å². The van der Waals surface area contributed by atoms with Gasteiger partial charge in [-0.25, -0.2) is 0 Å². The average molecular weight is 456 g/mol. The van der Waals surface area contributed by atoms with Gasteiger partial charge >= 0.3 is 49.4 Å². The quantitative estimate of drug-likeness (QED) is 0.532. The molecule has 0 bridgehead atoms. The molecule has 0 fully saturated rings. The molecule has 3 N–H and O–H groups in total. The molecule has 0 saturated heterocycles. The van der Waals surface area contributed by atoms with Gasteiger partial charge in [-0.15, -0.1) is 0 Å². The number of aliphatic hydroxyl groups excluding tert-OH is 1. The summed E-state index contributed by atoms with van der Waals surface area (Å²) in [6, 6.07) is 5.82. The van der Waals surface area contributed by atoms with Gasteiger partial charge in [0.15, 0.2) is 0 Å². The van der Waals surface area contributed by atoms with Crippen molar-refractivity contribution in [3.63, 3.8) is 0 Å². The number of hydrogen-bond donors (Lipinski definition) is 2. The summed E-state index contributed by atoms with van der Waals surface area (Å²) in [5.74, 6) is 0. The van der Waals surface area contributed by atoms with Crippen molar-refractivity contribution >= 4 is 45.6 Å². The minimum absolute atomic E-state index is 0.198. The van der Waals surface area contributed by atoms with E-state index in [4.69, 9.17) is 10.8 Å². The van der Waals surface area contributed by atoms with Gasteiger partial charge in [-0.05, 0) is 30.5 Å². The SMILES string of the molecule is Cc1cc(CCO)ccc1N.[I][V][I]. The number of aliphatic hydroxyl groups is 1. The van der Waals surface area contributed by atoms with Gasteiger partial charge in [-0.1, -0.05) is 12.1 Å². The Balaban J connectivity index is 0.000000500. The van der Waals surface area contributed by atoms with Crippen LogP contribution in [0.3, 0.4) is 0 Å². The summed E-state index contributed by atoms with van der Waals surface area (Å²) in [5.41, 5.74) is 8.65. The molecule has 79 valence electrons. The van der Waals surface area contributed by atoms with Crippen molar-refractivity contribution in [2.45, 2.75) is 13.3 Å². The van der Waals surface area contributed by atoms with Crippen LogP contribution in [0, 0.1) is 6.92 Å². The van der Waals surface area contributed by atoms with Crippen molar-refractivity contribution in [2.24, 2.45) is 0 Å². The van der Waals surface area contributed by atoms with Gasteiger partial charge in [0.25, 0.3) is 0 Å². The molecule has 2 nitrogen and oxygen atoms in total. The van der Waals surface area contributed by atoms with Gasteiger partial charge in [0.05, 0.1) is 0 Å². The number of rotatable bonds is 2. The zero-order valence-corrected chi connectivity index (χ0v) is 13.6. The first-order valence-electron chi connectivity index (χ1n) is 4.03. The summed E-state index contributed by atoms with van der Waals surface area (Å²) in [7, 11) is 0.628. The van der Waals surface area contributed by atoms with Crippen LogP contribution in [0.1, 0.15) is 11.1 Å². The molecule has 5 heteroatoms. The predicted octanol–water partition coefficient (Wildman–Crippen LogP) is 2.88. The summed E-state index contributed by atoms with van der Waals surface area (Å²) in [5, 5.41) is 8.65. The molecule has 0 saturated carbocycles. The van der Waals surface area contributed by atoms with Crippen molar-refractivity contribution in [2.75, 3.05) is 12.3 Å². The zero-order valence-electron chi connectivity index (χ0n) is 7.87. The van der Waals surface area contributed by atoms with Crippen molar-refractivity contribution in [1.29, 1.82) is 0 Å². The summed E-state index contributed by atoms with van der Waals surface area (Å²) < 4.78 is 0. The third-order valence-electron chi connectivity index (χ3n) is 1.73. The topological polar surface area (TPSA) is 46.2 Å². The maximum absolute atomic E-state index is 8.65. The molecule has 1 rings (SSSR count). The molecule has 1 aromatic carbocycles. The normalized spacial score (nSPS) is 8.86. The number of nitrogens with two attached hydrogens (primary N) is 1. The first-order chi connectivity index (χ1) is 6.65. The van der Waals surface area contributed by atoms with Crippen molar-refractivity contribution in [3.8, 4) is 0 Å². The van der Waals surface area contributed by atoms with E-state index in [0.29, 0.717) is 15.9 Å². The number of nitrogen functional groups attached to an aromatic ring is 1. The Hall–Kier alpha value is 1.02. The van der Waals surface area contributed by atoms with E-state index in [0.717, 1.165) is 16.8 Å². The Labute approximate surface area is 114 Å². The molecule has 0 heterocycles. The minimum atomic E-state index is 0.198. The summed E-state index contributed by atoms with van der Waals surface area (Å²) in [4.78, 5) is 0. The number of benzene rings is 1. The third kappa shape index (κ3) is 6.50. The Morgan fingerprint density at radius 3 is 2.43 bits per heavy atom. The fraction of sp³-hybridized carbons (Fsp3) is 0.333. The first kappa shape index (κ1) is 15.0. The van der Waals surface area contributed by atoms with Crippen LogP contribution < -0.4 is 5.73 Å². The molecule has 0 aliphatic carbocycles. The molecular formula is C9H13I2NOV. The van der Waals surface area contributed by atoms with Crippen molar-refractivity contribution < 1.29 is 14.6 Å². The van der Waals surface area contributed by atoms with Crippen LogP contribution in [-0.2, 0) is 15.9 Å². The van der Waals surface area contributed by atoms with Crippen LogP contribution in [0.25, 0.3) is 0 Å². The molecule has 0 radical (unpaired) electrons. The zero-order chi connectivity index (χ0) is 11.0. The van der Waals surface area contributed by atoms with E-state index in [1.807, 2.05) is 25.1 Å². The number of aryl methyl sites for hydroxylation is 1. The van der Waals surface area contributed by atoms with Crippen molar-refractivity contribution in [1.82, 2.24) is 0 Å². The Bertz CT molecular complexity index is 271. The van der Waals surface area contributed by atoms with Gasteiger partial charge in [-0.3, -0.25) is 0 Å². The molecular weight excluding hydrogens is 443 g/mol. The van der Waals surface area contributed by atoms with E-state index < -0.39 is 0 Å². The van der Waals surface area contributed by atoms with E-state index in [-0.39, 0.29) is 6.61 Å². The second-order valence-electron chi connectivity index (χ2n) is 2.73. The number of hydrogen-bond acceptors (Lipinski definition) is 2. The molecule has 0 aliphatic rings. The number of anilines is 1. The first-order valence-corrected chi connectivity index (χ1v) is 13.0. The summed E-state index contributed by atoms with van der Waals surface area (Å²) in [6.45, 7) is 2.17. The molecule has 1 aromatic rings.